The normalized spacial score (nSPS) is 10.8. The van der Waals surface area contributed by atoms with Gasteiger partial charge >= 0.3 is 0 Å². The largest absolute Gasteiger partial charge is 0.396 e. The van der Waals surface area contributed by atoms with Crippen LogP contribution in [-0.4, -0.2) is 25.7 Å². The number of hydrogen-bond acceptors (Lipinski definition) is 6. The van der Waals surface area contributed by atoms with Gasteiger partial charge < -0.3 is 10.7 Å². The number of H-pyrrole nitrogens is 1. The molecule has 0 aliphatic rings. The molecule has 7 nitrogen and oxygen atoms in total. The van der Waals surface area contributed by atoms with Crippen LogP contribution >= 0.6 is 0 Å². The van der Waals surface area contributed by atoms with E-state index in [4.69, 9.17) is 11.0 Å². The highest BCUT2D eigenvalue weighted by Crippen LogP contribution is 2.28. The maximum Gasteiger partial charge on any atom is 0.232 e. The van der Waals surface area contributed by atoms with Crippen LogP contribution in [0, 0.1) is 23.0 Å². The molecule has 3 heterocycles. The van der Waals surface area contributed by atoms with Crippen LogP contribution in [0.4, 0.5) is 14.5 Å². The van der Waals surface area contributed by atoms with E-state index < -0.39 is 23.0 Å². The Morgan fingerprint density at radius 3 is 2.54 bits per heavy atom. The number of nitrogens with two attached hydrogens (primary N) is 1. The third-order valence-electron chi connectivity index (χ3n) is 4.21. The van der Waals surface area contributed by atoms with Gasteiger partial charge in [0, 0.05) is 46.9 Å². The molecule has 0 amide bonds. The first-order valence-corrected chi connectivity index (χ1v) is 7.97. The number of rotatable bonds is 3. The summed E-state index contributed by atoms with van der Waals surface area (Å²) in [6.45, 7) is 0. The summed E-state index contributed by atoms with van der Waals surface area (Å²) in [4.78, 5) is 27.6. The van der Waals surface area contributed by atoms with Crippen molar-refractivity contribution in [2.75, 3.05) is 5.73 Å². The quantitative estimate of drug-likeness (QED) is 0.419. The van der Waals surface area contributed by atoms with Gasteiger partial charge in [-0.25, -0.2) is 23.7 Å². The number of nitrogens with zero attached hydrogens (tertiary/aromatic N) is 4. The number of hydrogen-bond donors (Lipinski definition) is 2. The molecule has 136 valence electrons. The van der Waals surface area contributed by atoms with E-state index in [1.54, 1.807) is 6.07 Å². The number of benzene rings is 1. The first kappa shape index (κ1) is 17.2. The molecule has 3 N–H and O–H groups in total. The first-order valence-electron chi connectivity index (χ1n) is 7.97. The van der Waals surface area contributed by atoms with E-state index in [0.29, 0.717) is 22.2 Å². The molecule has 0 unspecified atom stereocenters. The second kappa shape index (κ2) is 6.51. The van der Waals surface area contributed by atoms with Crippen LogP contribution in [0.5, 0.6) is 0 Å². The van der Waals surface area contributed by atoms with Gasteiger partial charge in [0.15, 0.2) is 5.82 Å². The Kier molecular flexibility index (Phi) is 4.01. The summed E-state index contributed by atoms with van der Waals surface area (Å²) in [5.41, 5.74) is 5.96. The average molecular weight is 376 g/mol. The van der Waals surface area contributed by atoms with Gasteiger partial charge in [0.05, 0.1) is 11.3 Å². The number of ketones is 1. The topological polar surface area (TPSA) is 121 Å². The molecular formula is C19H10F2N6O. The van der Waals surface area contributed by atoms with E-state index in [-0.39, 0.29) is 17.1 Å². The highest BCUT2D eigenvalue weighted by atomic mass is 19.1. The van der Waals surface area contributed by atoms with E-state index in [9.17, 15) is 13.6 Å². The average Bonchev–Trinajstić information content (AvgIpc) is 3.14. The predicted octanol–water partition coefficient (Wildman–Crippen LogP) is 2.98. The van der Waals surface area contributed by atoms with Crippen molar-refractivity contribution in [3.05, 3.63) is 71.6 Å². The summed E-state index contributed by atoms with van der Waals surface area (Å²) in [7, 11) is 0. The number of nitrogen functional groups attached to an aromatic ring is 1. The van der Waals surface area contributed by atoms with Crippen molar-refractivity contribution in [3.63, 3.8) is 0 Å². The zero-order chi connectivity index (χ0) is 19.8. The number of carbonyl (C=O) groups excluding carboxylic acids is 1. The number of fused-ring (bicyclic) bond motifs is 1. The summed E-state index contributed by atoms with van der Waals surface area (Å²) < 4.78 is 28.4. The van der Waals surface area contributed by atoms with E-state index in [1.807, 2.05) is 6.07 Å². The minimum Gasteiger partial charge on any atom is -0.396 e. The molecule has 4 rings (SSSR count). The second-order valence-electron chi connectivity index (χ2n) is 5.88. The minimum absolute atomic E-state index is 0.0166. The Morgan fingerprint density at radius 1 is 1.11 bits per heavy atom. The fourth-order valence-electron chi connectivity index (χ4n) is 2.80. The fourth-order valence-corrected chi connectivity index (χ4v) is 2.80. The van der Waals surface area contributed by atoms with Crippen molar-refractivity contribution >= 4 is 22.5 Å². The van der Waals surface area contributed by atoms with Gasteiger partial charge in [0.2, 0.25) is 11.6 Å². The molecule has 1 aromatic carbocycles. The van der Waals surface area contributed by atoms with E-state index in [2.05, 4.69) is 19.9 Å². The van der Waals surface area contributed by atoms with Crippen LogP contribution in [0.15, 0.2) is 43.0 Å². The molecule has 28 heavy (non-hydrogen) atoms. The molecule has 0 radical (unpaired) electrons. The van der Waals surface area contributed by atoms with Crippen LogP contribution in [0.2, 0.25) is 0 Å². The van der Waals surface area contributed by atoms with Crippen molar-refractivity contribution in [3.8, 4) is 17.2 Å². The van der Waals surface area contributed by atoms with Gasteiger partial charge in [-0.1, -0.05) is 0 Å². The molecule has 0 saturated heterocycles. The number of anilines is 1. The Hall–Kier alpha value is -4.19. The van der Waals surface area contributed by atoms with Crippen molar-refractivity contribution in [1.29, 1.82) is 5.26 Å². The van der Waals surface area contributed by atoms with E-state index in [0.717, 1.165) is 12.1 Å². The zero-order valence-electron chi connectivity index (χ0n) is 14.1. The van der Waals surface area contributed by atoms with Crippen LogP contribution in [-0.2, 0) is 0 Å². The van der Waals surface area contributed by atoms with Crippen LogP contribution < -0.4 is 5.73 Å². The van der Waals surface area contributed by atoms with Crippen molar-refractivity contribution < 1.29 is 13.6 Å². The van der Waals surface area contributed by atoms with Crippen LogP contribution in [0.25, 0.3) is 22.2 Å². The van der Waals surface area contributed by atoms with Crippen molar-refractivity contribution in [2.45, 2.75) is 0 Å². The lowest BCUT2D eigenvalue weighted by Crippen LogP contribution is -2.09. The van der Waals surface area contributed by atoms with Gasteiger partial charge in [-0.3, -0.25) is 4.79 Å². The van der Waals surface area contributed by atoms with Gasteiger partial charge in [0.25, 0.3) is 0 Å². The number of aromatic nitrogens is 4. The lowest BCUT2D eigenvalue weighted by Gasteiger charge is -2.06. The smallest absolute Gasteiger partial charge is 0.232 e. The van der Waals surface area contributed by atoms with Gasteiger partial charge in [-0.05, 0) is 18.2 Å². The van der Waals surface area contributed by atoms with E-state index in [1.165, 1.54) is 24.8 Å². The number of halogens is 2. The molecule has 0 atom stereocenters. The van der Waals surface area contributed by atoms with Crippen LogP contribution in [0.1, 0.15) is 21.7 Å². The number of pyridine rings is 1. The SMILES string of the molecule is N#Cc1ncc(-c2cnc3[nH]cc(C(=O)c4c(F)ccc(N)c4F)c3c2)cn1. The number of nitrogens with one attached hydrogen (secondary N) is 1. The molecular weight excluding hydrogens is 366 g/mol. The lowest BCUT2D eigenvalue weighted by atomic mass is 10.0. The van der Waals surface area contributed by atoms with Crippen molar-refractivity contribution in [2.24, 2.45) is 0 Å². The highest BCUT2D eigenvalue weighted by Gasteiger charge is 2.24. The molecule has 3 aromatic heterocycles. The first-order chi connectivity index (χ1) is 13.5. The number of nitriles is 1. The molecule has 0 aliphatic heterocycles. The summed E-state index contributed by atoms with van der Waals surface area (Å²) in [6.07, 6.45) is 5.75. The lowest BCUT2D eigenvalue weighted by molar-refractivity contribution is 0.103. The monoisotopic (exact) mass is 376 g/mol. The third-order valence-corrected chi connectivity index (χ3v) is 4.21. The minimum atomic E-state index is -1.11. The molecule has 0 spiro atoms. The Morgan fingerprint density at radius 2 is 1.82 bits per heavy atom. The van der Waals surface area contributed by atoms with Crippen LogP contribution in [0.3, 0.4) is 0 Å². The van der Waals surface area contributed by atoms with Gasteiger partial charge in [0.1, 0.15) is 17.5 Å². The van der Waals surface area contributed by atoms with Crippen molar-refractivity contribution in [1.82, 2.24) is 19.9 Å². The maximum atomic E-state index is 14.3. The summed E-state index contributed by atoms with van der Waals surface area (Å²) >= 11 is 0. The molecule has 0 fully saturated rings. The Labute approximate surface area is 156 Å². The molecule has 0 aliphatic carbocycles. The Bertz CT molecular complexity index is 1270. The van der Waals surface area contributed by atoms with Gasteiger partial charge in [-0.2, -0.15) is 5.26 Å². The highest BCUT2D eigenvalue weighted by molar-refractivity contribution is 6.16. The number of carbonyl (C=O) groups is 1. The molecule has 9 heteroatoms. The molecule has 0 bridgehead atoms. The number of aromatic amines is 1. The predicted molar refractivity (Wildman–Crippen MR) is 96.0 cm³/mol. The van der Waals surface area contributed by atoms with E-state index >= 15 is 0 Å². The Balaban J connectivity index is 1.84. The summed E-state index contributed by atoms with van der Waals surface area (Å²) in [5.74, 6) is -2.95. The summed E-state index contributed by atoms with van der Waals surface area (Å²) in [6, 6.07) is 5.44. The summed E-state index contributed by atoms with van der Waals surface area (Å²) in [5, 5.41) is 9.15. The fraction of sp³-hybridized carbons (Fsp3) is 0. The zero-order valence-corrected chi connectivity index (χ0v) is 14.1. The second-order valence-corrected chi connectivity index (χ2v) is 5.88. The molecule has 0 saturated carbocycles. The third kappa shape index (κ3) is 2.73. The standard InChI is InChI=1S/C19H10F2N6O/c20-13-1-2-14(23)17(21)16(13)18(28)12-8-27-19-11(12)3-9(5-26-19)10-6-24-15(4-22)25-7-10/h1-3,5-8H,23H2,(H,26,27). The molecule has 4 aromatic rings. The maximum absolute atomic E-state index is 14.3. The van der Waals surface area contributed by atoms with Gasteiger partial charge in [-0.15, -0.1) is 0 Å².